The van der Waals surface area contributed by atoms with Crippen LogP contribution in [-0.2, 0) is 0 Å². The smallest absolute Gasteiger partial charge is 0.255 e. The number of pyridine rings is 1. The Hall–Kier alpha value is -1.41. The summed E-state index contributed by atoms with van der Waals surface area (Å²) in [5, 5.41) is 11.3. The van der Waals surface area contributed by atoms with E-state index in [1.165, 1.54) is 0 Å². The normalized spacial score (nSPS) is 11.5. The zero-order valence-electron chi connectivity index (χ0n) is 8.20. The maximum Gasteiger partial charge on any atom is 0.255 e. The summed E-state index contributed by atoms with van der Waals surface area (Å²) in [7, 11) is 0. The Morgan fingerprint density at radius 2 is 2.53 bits per heavy atom. The van der Waals surface area contributed by atoms with E-state index in [1.807, 2.05) is 13.0 Å². The van der Waals surface area contributed by atoms with Crippen LogP contribution in [-0.4, -0.2) is 16.9 Å². The number of hydrogen-bond acceptors (Lipinski definition) is 3. The van der Waals surface area contributed by atoms with Crippen LogP contribution in [0.5, 0.6) is 0 Å². The first-order valence-electron chi connectivity index (χ1n) is 4.50. The molecular weight excluding hydrogens is 258 g/mol. The van der Waals surface area contributed by atoms with Crippen molar-refractivity contribution in [3.05, 3.63) is 28.5 Å². The summed E-state index contributed by atoms with van der Waals surface area (Å²) in [6.45, 7) is 1.84. The van der Waals surface area contributed by atoms with Crippen molar-refractivity contribution in [3.8, 4) is 6.07 Å². The lowest BCUT2D eigenvalue weighted by atomic mass is 10.2. The van der Waals surface area contributed by atoms with E-state index in [9.17, 15) is 4.79 Å². The van der Waals surface area contributed by atoms with E-state index in [1.54, 1.807) is 18.3 Å². The SMILES string of the molecule is CCC(C#N)NC(=O)c1cccnc1Br. The third-order valence-electron chi connectivity index (χ3n) is 1.87. The molecule has 0 aliphatic rings. The quantitative estimate of drug-likeness (QED) is 0.851. The summed E-state index contributed by atoms with van der Waals surface area (Å²) >= 11 is 3.18. The van der Waals surface area contributed by atoms with Crippen molar-refractivity contribution >= 4 is 21.8 Å². The second kappa shape index (κ2) is 5.47. The summed E-state index contributed by atoms with van der Waals surface area (Å²) in [5.74, 6) is -0.289. The number of halogens is 1. The van der Waals surface area contributed by atoms with Gasteiger partial charge in [0.05, 0.1) is 11.6 Å². The van der Waals surface area contributed by atoms with E-state index >= 15 is 0 Å². The largest absolute Gasteiger partial charge is 0.336 e. The van der Waals surface area contributed by atoms with Gasteiger partial charge in [-0.1, -0.05) is 6.92 Å². The van der Waals surface area contributed by atoms with Crippen molar-refractivity contribution < 1.29 is 4.79 Å². The molecule has 1 aromatic rings. The monoisotopic (exact) mass is 267 g/mol. The van der Waals surface area contributed by atoms with Gasteiger partial charge in [-0.15, -0.1) is 0 Å². The van der Waals surface area contributed by atoms with E-state index in [0.717, 1.165) is 0 Å². The molecule has 0 spiro atoms. The Morgan fingerprint density at radius 3 is 3.07 bits per heavy atom. The maximum absolute atomic E-state index is 11.7. The molecule has 1 atom stereocenters. The molecule has 0 saturated heterocycles. The Bertz CT molecular complexity index is 400. The number of nitriles is 1. The molecule has 0 aromatic carbocycles. The van der Waals surface area contributed by atoms with Gasteiger partial charge in [0, 0.05) is 6.20 Å². The second-order valence-electron chi connectivity index (χ2n) is 2.91. The van der Waals surface area contributed by atoms with Crippen molar-refractivity contribution in [1.29, 1.82) is 5.26 Å². The number of nitrogens with zero attached hydrogens (tertiary/aromatic N) is 2. The molecule has 1 unspecified atom stereocenters. The molecule has 1 aromatic heterocycles. The van der Waals surface area contributed by atoms with Gasteiger partial charge >= 0.3 is 0 Å². The van der Waals surface area contributed by atoms with Gasteiger partial charge in [-0.2, -0.15) is 5.26 Å². The minimum atomic E-state index is -0.454. The van der Waals surface area contributed by atoms with Gasteiger partial charge in [0.1, 0.15) is 10.6 Å². The van der Waals surface area contributed by atoms with Gasteiger partial charge in [0.25, 0.3) is 5.91 Å². The number of hydrogen-bond donors (Lipinski definition) is 1. The fourth-order valence-corrected chi connectivity index (χ4v) is 1.45. The highest BCUT2D eigenvalue weighted by atomic mass is 79.9. The predicted molar refractivity (Wildman–Crippen MR) is 59.1 cm³/mol. The van der Waals surface area contributed by atoms with Crippen LogP contribution in [0.15, 0.2) is 22.9 Å². The minimum Gasteiger partial charge on any atom is -0.336 e. The average Bonchev–Trinajstić information content (AvgIpc) is 2.26. The van der Waals surface area contributed by atoms with Crippen molar-refractivity contribution in [1.82, 2.24) is 10.3 Å². The van der Waals surface area contributed by atoms with Gasteiger partial charge in [0.2, 0.25) is 0 Å². The number of rotatable bonds is 3. The summed E-state index contributed by atoms with van der Waals surface area (Å²) in [4.78, 5) is 15.6. The average molecular weight is 268 g/mol. The predicted octanol–water partition coefficient (Wildman–Crippen LogP) is 1.88. The second-order valence-corrected chi connectivity index (χ2v) is 3.66. The molecule has 5 heteroatoms. The zero-order chi connectivity index (χ0) is 11.3. The van der Waals surface area contributed by atoms with Gasteiger partial charge in [0.15, 0.2) is 0 Å². The Morgan fingerprint density at radius 1 is 1.80 bits per heavy atom. The van der Waals surface area contributed by atoms with Crippen LogP contribution in [0.3, 0.4) is 0 Å². The van der Waals surface area contributed by atoms with Crippen molar-refractivity contribution in [2.24, 2.45) is 0 Å². The topological polar surface area (TPSA) is 65.8 Å². The molecule has 1 N–H and O–H groups in total. The summed E-state index contributed by atoms with van der Waals surface area (Å²) in [5.41, 5.74) is 0.436. The molecule has 15 heavy (non-hydrogen) atoms. The Kier molecular flexibility index (Phi) is 4.25. The summed E-state index contributed by atoms with van der Waals surface area (Å²) in [6, 6.07) is 4.87. The van der Waals surface area contributed by atoms with E-state index in [0.29, 0.717) is 16.6 Å². The summed E-state index contributed by atoms with van der Waals surface area (Å²) < 4.78 is 0.482. The third kappa shape index (κ3) is 3.03. The van der Waals surface area contributed by atoms with Crippen LogP contribution in [0.25, 0.3) is 0 Å². The molecule has 0 bridgehead atoms. The van der Waals surface area contributed by atoms with Gasteiger partial charge in [-0.25, -0.2) is 4.98 Å². The standard InChI is InChI=1S/C10H10BrN3O/c1-2-7(6-12)14-10(15)8-4-3-5-13-9(8)11/h3-5,7H,2H2,1H3,(H,14,15). The lowest BCUT2D eigenvalue weighted by molar-refractivity contribution is 0.0943. The maximum atomic E-state index is 11.7. The number of carbonyl (C=O) groups excluding carboxylic acids is 1. The molecule has 0 saturated carbocycles. The minimum absolute atomic E-state index is 0.289. The highest BCUT2D eigenvalue weighted by molar-refractivity contribution is 9.10. The first kappa shape index (κ1) is 11.7. The molecule has 4 nitrogen and oxygen atoms in total. The first-order chi connectivity index (χ1) is 7.19. The lowest BCUT2D eigenvalue weighted by Crippen LogP contribution is -2.33. The highest BCUT2D eigenvalue weighted by Crippen LogP contribution is 2.12. The molecular formula is C10H10BrN3O. The van der Waals surface area contributed by atoms with Crippen LogP contribution < -0.4 is 5.32 Å². The number of aromatic nitrogens is 1. The van der Waals surface area contributed by atoms with E-state index in [-0.39, 0.29) is 5.91 Å². The van der Waals surface area contributed by atoms with E-state index in [2.05, 4.69) is 26.2 Å². The molecule has 0 aliphatic carbocycles. The molecule has 0 radical (unpaired) electrons. The highest BCUT2D eigenvalue weighted by Gasteiger charge is 2.13. The van der Waals surface area contributed by atoms with Crippen molar-refractivity contribution in [2.75, 3.05) is 0 Å². The Balaban J connectivity index is 2.79. The molecule has 1 amide bonds. The fourth-order valence-electron chi connectivity index (χ4n) is 1.02. The van der Waals surface area contributed by atoms with Crippen LogP contribution in [0.2, 0.25) is 0 Å². The van der Waals surface area contributed by atoms with Gasteiger partial charge < -0.3 is 5.32 Å². The van der Waals surface area contributed by atoms with Crippen molar-refractivity contribution in [3.63, 3.8) is 0 Å². The number of carbonyl (C=O) groups is 1. The van der Waals surface area contributed by atoms with E-state index in [4.69, 9.17) is 5.26 Å². The summed E-state index contributed by atoms with van der Waals surface area (Å²) in [6.07, 6.45) is 2.17. The van der Waals surface area contributed by atoms with Crippen LogP contribution in [0.1, 0.15) is 23.7 Å². The Labute approximate surface area is 96.4 Å². The lowest BCUT2D eigenvalue weighted by Gasteiger charge is -2.09. The molecule has 1 heterocycles. The van der Waals surface area contributed by atoms with E-state index < -0.39 is 6.04 Å². The van der Waals surface area contributed by atoms with Gasteiger partial charge in [-0.05, 0) is 34.5 Å². The number of amides is 1. The fraction of sp³-hybridized carbons (Fsp3) is 0.300. The molecule has 78 valence electrons. The molecule has 0 fully saturated rings. The third-order valence-corrected chi connectivity index (χ3v) is 2.51. The van der Waals surface area contributed by atoms with Crippen molar-refractivity contribution in [2.45, 2.75) is 19.4 Å². The van der Waals surface area contributed by atoms with Crippen LogP contribution in [0.4, 0.5) is 0 Å². The number of nitrogens with one attached hydrogen (secondary N) is 1. The van der Waals surface area contributed by atoms with Gasteiger partial charge in [-0.3, -0.25) is 4.79 Å². The van der Waals surface area contributed by atoms with Crippen LogP contribution >= 0.6 is 15.9 Å². The first-order valence-corrected chi connectivity index (χ1v) is 5.29. The molecule has 0 aliphatic heterocycles. The van der Waals surface area contributed by atoms with Crippen LogP contribution in [0, 0.1) is 11.3 Å². The zero-order valence-corrected chi connectivity index (χ0v) is 9.78. The molecule has 1 rings (SSSR count).